The minimum atomic E-state index is 0.834. The molecule has 0 bridgehead atoms. The van der Waals surface area contributed by atoms with Gasteiger partial charge in [-0.2, -0.15) is 0 Å². The molecule has 2 rings (SSSR count). The Balaban J connectivity index is 2.10. The van der Waals surface area contributed by atoms with Crippen LogP contribution >= 0.6 is 0 Å². The van der Waals surface area contributed by atoms with E-state index < -0.39 is 0 Å². The molecule has 0 aliphatic heterocycles. The molecular weight excluding hydrogens is 252 g/mol. The van der Waals surface area contributed by atoms with Crippen LogP contribution in [0.15, 0.2) is 18.6 Å². The maximum atomic E-state index is 4.61. The fraction of sp³-hybridized carbons (Fsp3) is 0.571. The first kappa shape index (κ1) is 14.6. The molecule has 6 nitrogen and oxygen atoms in total. The third kappa shape index (κ3) is 3.60. The van der Waals surface area contributed by atoms with Crippen LogP contribution in [0.2, 0.25) is 0 Å². The van der Waals surface area contributed by atoms with E-state index in [1.807, 2.05) is 16.8 Å². The smallest absolute Gasteiger partial charge is 0.180 e. The SMILES string of the molecule is CCCNc1cn2ccnc2c(NCCN(C)CC)n1. The fourth-order valence-electron chi connectivity index (χ4n) is 1.91. The minimum absolute atomic E-state index is 0.834. The second kappa shape index (κ2) is 7.09. The van der Waals surface area contributed by atoms with Crippen LogP contribution in [0.25, 0.3) is 5.65 Å². The van der Waals surface area contributed by atoms with Gasteiger partial charge in [0.1, 0.15) is 5.82 Å². The molecule has 0 spiro atoms. The van der Waals surface area contributed by atoms with Gasteiger partial charge in [0.15, 0.2) is 11.5 Å². The Labute approximate surface area is 120 Å². The van der Waals surface area contributed by atoms with Gasteiger partial charge in [0.2, 0.25) is 0 Å². The van der Waals surface area contributed by atoms with Crippen molar-refractivity contribution >= 4 is 17.3 Å². The summed E-state index contributed by atoms with van der Waals surface area (Å²) >= 11 is 0. The third-order valence-electron chi connectivity index (χ3n) is 3.26. The molecule has 0 aliphatic carbocycles. The molecule has 110 valence electrons. The van der Waals surface area contributed by atoms with E-state index in [0.717, 1.165) is 49.9 Å². The van der Waals surface area contributed by atoms with Gasteiger partial charge >= 0.3 is 0 Å². The van der Waals surface area contributed by atoms with Gasteiger partial charge in [-0.25, -0.2) is 9.97 Å². The van der Waals surface area contributed by atoms with Gasteiger partial charge in [0.25, 0.3) is 0 Å². The number of hydrogen-bond donors (Lipinski definition) is 2. The fourth-order valence-corrected chi connectivity index (χ4v) is 1.91. The summed E-state index contributed by atoms with van der Waals surface area (Å²) in [4.78, 5) is 11.2. The van der Waals surface area contributed by atoms with E-state index >= 15 is 0 Å². The minimum Gasteiger partial charge on any atom is -0.369 e. The molecule has 0 atom stereocenters. The maximum Gasteiger partial charge on any atom is 0.180 e. The summed E-state index contributed by atoms with van der Waals surface area (Å²) < 4.78 is 2.00. The van der Waals surface area contributed by atoms with Crippen LogP contribution in [0, 0.1) is 0 Å². The Morgan fingerprint density at radius 3 is 2.85 bits per heavy atom. The molecule has 2 aromatic rings. The highest BCUT2D eigenvalue weighted by Gasteiger charge is 2.07. The van der Waals surface area contributed by atoms with Crippen LogP contribution in [-0.2, 0) is 0 Å². The Bertz CT molecular complexity index is 535. The predicted octanol–water partition coefficient (Wildman–Crippen LogP) is 1.91. The standard InChI is InChI=1S/C14H24N6/c1-4-6-15-12-11-20-10-8-17-14(20)13(18-12)16-7-9-19(3)5-2/h8,10-11,15H,4-7,9H2,1-3H3,(H,16,18). The van der Waals surface area contributed by atoms with Gasteiger partial charge in [-0.1, -0.05) is 13.8 Å². The van der Waals surface area contributed by atoms with Crippen molar-refractivity contribution in [3.05, 3.63) is 18.6 Å². The molecule has 2 aromatic heterocycles. The predicted molar refractivity (Wildman–Crippen MR) is 83.4 cm³/mol. The summed E-state index contributed by atoms with van der Waals surface area (Å²) in [7, 11) is 2.11. The number of aromatic nitrogens is 3. The van der Waals surface area contributed by atoms with Crippen molar-refractivity contribution in [2.75, 3.05) is 43.9 Å². The number of nitrogens with zero attached hydrogens (tertiary/aromatic N) is 4. The van der Waals surface area contributed by atoms with E-state index in [4.69, 9.17) is 0 Å². The summed E-state index contributed by atoms with van der Waals surface area (Å²) in [6.45, 7) is 8.11. The highest BCUT2D eigenvalue weighted by molar-refractivity contribution is 5.65. The summed E-state index contributed by atoms with van der Waals surface area (Å²) in [5.74, 6) is 1.71. The maximum absolute atomic E-state index is 4.61. The van der Waals surface area contributed by atoms with Gasteiger partial charge in [-0.15, -0.1) is 0 Å². The van der Waals surface area contributed by atoms with Crippen LogP contribution in [-0.4, -0.2) is 52.5 Å². The summed E-state index contributed by atoms with van der Waals surface area (Å²) in [5.41, 5.74) is 0.867. The summed E-state index contributed by atoms with van der Waals surface area (Å²) in [6.07, 6.45) is 6.79. The lowest BCUT2D eigenvalue weighted by molar-refractivity contribution is 0.367. The lowest BCUT2D eigenvalue weighted by atomic mass is 10.4. The monoisotopic (exact) mass is 276 g/mol. The summed E-state index contributed by atoms with van der Waals surface area (Å²) in [5, 5.41) is 6.70. The molecule has 6 heteroatoms. The largest absolute Gasteiger partial charge is 0.369 e. The number of fused-ring (bicyclic) bond motifs is 1. The molecule has 0 saturated heterocycles. The highest BCUT2D eigenvalue weighted by atomic mass is 15.2. The number of imidazole rings is 1. The average Bonchev–Trinajstić information content (AvgIpc) is 2.93. The number of hydrogen-bond acceptors (Lipinski definition) is 5. The van der Waals surface area contributed by atoms with Crippen LogP contribution in [0.1, 0.15) is 20.3 Å². The molecule has 0 aliphatic rings. The van der Waals surface area contributed by atoms with Crippen molar-refractivity contribution in [3.63, 3.8) is 0 Å². The Hall–Kier alpha value is -1.82. The third-order valence-corrected chi connectivity index (χ3v) is 3.26. The first-order chi connectivity index (χ1) is 9.74. The van der Waals surface area contributed by atoms with Crippen LogP contribution < -0.4 is 10.6 Å². The zero-order chi connectivity index (χ0) is 14.4. The van der Waals surface area contributed by atoms with Crippen LogP contribution in [0.5, 0.6) is 0 Å². The average molecular weight is 276 g/mol. The van der Waals surface area contributed by atoms with Gasteiger partial charge < -0.3 is 19.9 Å². The second-order valence-electron chi connectivity index (χ2n) is 4.88. The van der Waals surface area contributed by atoms with Crippen molar-refractivity contribution in [1.82, 2.24) is 19.3 Å². The Morgan fingerprint density at radius 1 is 1.25 bits per heavy atom. The number of rotatable bonds is 8. The van der Waals surface area contributed by atoms with Gasteiger partial charge in [-0.05, 0) is 20.0 Å². The molecule has 0 fully saturated rings. The molecule has 2 heterocycles. The Morgan fingerprint density at radius 2 is 2.10 bits per heavy atom. The molecule has 0 saturated carbocycles. The highest BCUT2D eigenvalue weighted by Crippen LogP contribution is 2.16. The van der Waals surface area contributed by atoms with Crippen molar-refractivity contribution < 1.29 is 0 Å². The Kier molecular flexibility index (Phi) is 5.17. The molecule has 0 amide bonds. The molecule has 0 radical (unpaired) electrons. The number of nitrogens with one attached hydrogen (secondary N) is 2. The van der Waals surface area contributed by atoms with E-state index in [9.17, 15) is 0 Å². The molecule has 0 unspecified atom stereocenters. The van der Waals surface area contributed by atoms with Crippen molar-refractivity contribution in [2.24, 2.45) is 0 Å². The topological polar surface area (TPSA) is 57.5 Å². The number of anilines is 2. The lowest BCUT2D eigenvalue weighted by Gasteiger charge is -2.15. The zero-order valence-corrected chi connectivity index (χ0v) is 12.6. The van der Waals surface area contributed by atoms with E-state index in [-0.39, 0.29) is 0 Å². The van der Waals surface area contributed by atoms with E-state index in [1.165, 1.54) is 0 Å². The van der Waals surface area contributed by atoms with E-state index in [0.29, 0.717) is 0 Å². The van der Waals surface area contributed by atoms with Crippen molar-refractivity contribution in [3.8, 4) is 0 Å². The zero-order valence-electron chi connectivity index (χ0n) is 12.6. The first-order valence-corrected chi connectivity index (χ1v) is 7.24. The van der Waals surface area contributed by atoms with E-state index in [2.05, 4.69) is 46.4 Å². The van der Waals surface area contributed by atoms with Crippen molar-refractivity contribution in [2.45, 2.75) is 20.3 Å². The van der Waals surface area contributed by atoms with Crippen LogP contribution in [0.3, 0.4) is 0 Å². The van der Waals surface area contributed by atoms with Gasteiger partial charge in [0.05, 0.1) is 6.20 Å². The van der Waals surface area contributed by atoms with E-state index in [1.54, 1.807) is 6.20 Å². The normalized spacial score (nSPS) is 11.2. The van der Waals surface area contributed by atoms with Crippen LogP contribution in [0.4, 0.5) is 11.6 Å². The number of likely N-dealkylation sites (N-methyl/N-ethyl adjacent to an activating group) is 1. The molecular formula is C14H24N6. The van der Waals surface area contributed by atoms with Gasteiger partial charge in [-0.3, -0.25) is 0 Å². The molecule has 2 N–H and O–H groups in total. The second-order valence-corrected chi connectivity index (χ2v) is 4.88. The van der Waals surface area contributed by atoms with Gasteiger partial charge in [0, 0.05) is 32.0 Å². The first-order valence-electron chi connectivity index (χ1n) is 7.24. The molecule has 20 heavy (non-hydrogen) atoms. The quantitative estimate of drug-likeness (QED) is 0.771. The van der Waals surface area contributed by atoms with Crippen molar-refractivity contribution in [1.29, 1.82) is 0 Å². The summed E-state index contributed by atoms with van der Waals surface area (Å²) in [6, 6.07) is 0. The molecule has 0 aromatic carbocycles. The lowest BCUT2D eigenvalue weighted by Crippen LogP contribution is -2.25.